The summed E-state index contributed by atoms with van der Waals surface area (Å²) in [5.74, 6) is 0.965. The maximum absolute atomic E-state index is 14.5. The maximum Gasteiger partial charge on any atom is 0.286 e. The van der Waals surface area contributed by atoms with Crippen LogP contribution in [-0.4, -0.2) is 58.7 Å². The minimum absolute atomic E-state index is 0.0443. The summed E-state index contributed by atoms with van der Waals surface area (Å²) in [4.78, 5) is 24.6. The number of ether oxygens (including phenoxy) is 2. The highest BCUT2D eigenvalue weighted by atomic mass is 35.5. The number of fused-ring (bicyclic) bond motifs is 4. The molecule has 0 radical (unpaired) electrons. The third kappa shape index (κ3) is 6.91. The van der Waals surface area contributed by atoms with E-state index in [1.165, 1.54) is 23.5 Å². The molecule has 12 heteroatoms. The minimum Gasteiger partial charge on any atom is -0.490 e. The number of nitrogens with one attached hydrogen (secondary N) is 1. The van der Waals surface area contributed by atoms with Crippen LogP contribution in [0.2, 0.25) is 5.02 Å². The number of halogens is 1. The van der Waals surface area contributed by atoms with E-state index < -0.39 is 15.8 Å². The van der Waals surface area contributed by atoms with Gasteiger partial charge in [0, 0.05) is 36.2 Å². The number of methoxy groups -OCH3 is 1. The van der Waals surface area contributed by atoms with Gasteiger partial charge in [0.25, 0.3) is 5.91 Å². The molecular formula is C37H41ClN6O4S. The Kier molecular flexibility index (Phi) is 9.39. The number of anilines is 2. The summed E-state index contributed by atoms with van der Waals surface area (Å²) < 4.78 is 34.4. The highest BCUT2D eigenvalue weighted by Gasteiger charge is 2.44. The average molecular weight is 701 g/mol. The zero-order valence-electron chi connectivity index (χ0n) is 27.8. The Hall–Kier alpha value is -3.98. The van der Waals surface area contributed by atoms with Crippen LogP contribution < -0.4 is 14.4 Å². The fourth-order valence-electron chi connectivity index (χ4n) is 8.00. The molecule has 1 saturated carbocycles. The molecule has 1 spiro atoms. The van der Waals surface area contributed by atoms with Gasteiger partial charge in [0.05, 0.1) is 36.5 Å². The number of hydrogen-bond acceptors (Lipinski definition) is 8. The number of benzene rings is 2. The number of rotatable bonds is 3. The number of carbonyl (C=O) groups is 1. The molecule has 256 valence electrons. The topological polar surface area (TPSA) is 130 Å². The molecular weight excluding hydrogens is 660 g/mol. The molecule has 3 heterocycles. The Morgan fingerprint density at radius 2 is 2.08 bits per heavy atom. The summed E-state index contributed by atoms with van der Waals surface area (Å²) in [5.41, 5.74) is 3.52. The number of carbonyl (C=O) groups excluding carboxylic acids is 1. The van der Waals surface area contributed by atoms with Crippen molar-refractivity contribution in [3.8, 4) is 11.8 Å². The van der Waals surface area contributed by atoms with E-state index in [4.69, 9.17) is 21.1 Å². The van der Waals surface area contributed by atoms with Crippen LogP contribution in [0.1, 0.15) is 66.2 Å². The van der Waals surface area contributed by atoms with Crippen molar-refractivity contribution in [1.29, 1.82) is 5.26 Å². The lowest BCUT2D eigenvalue weighted by atomic mass is 9.68. The second kappa shape index (κ2) is 13.7. The molecule has 3 aromatic rings. The maximum atomic E-state index is 14.5. The predicted molar refractivity (Wildman–Crippen MR) is 190 cm³/mol. The lowest BCUT2D eigenvalue weighted by Crippen LogP contribution is -2.49. The van der Waals surface area contributed by atoms with Crippen molar-refractivity contribution in [3.63, 3.8) is 0 Å². The average Bonchev–Trinajstić information content (AvgIpc) is 3.22. The Morgan fingerprint density at radius 3 is 2.88 bits per heavy atom. The number of allylic oxidation sites excluding steroid dienone is 1. The lowest BCUT2D eigenvalue weighted by molar-refractivity contribution is 0.0131. The van der Waals surface area contributed by atoms with E-state index in [-0.39, 0.29) is 34.7 Å². The molecule has 49 heavy (non-hydrogen) atoms. The molecule has 7 rings (SSSR count). The number of hydrogen-bond donors (Lipinski definition) is 1. The largest absolute Gasteiger partial charge is 0.490 e. The van der Waals surface area contributed by atoms with Gasteiger partial charge in [-0.15, -0.1) is 4.36 Å². The van der Waals surface area contributed by atoms with Crippen LogP contribution in [0.25, 0.3) is 0 Å². The van der Waals surface area contributed by atoms with E-state index in [0.29, 0.717) is 36.2 Å². The van der Waals surface area contributed by atoms with Crippen LogP contribution in [0.4, 0.5) is 11.5 Å². The zero-order valence-corrected chi connectivity index (χ0v) is 29.4. The van der Waals surface area contributed by atoms with Crippen LogP contribution in [0.5, 0.6) is 5.75 Å². The van der Waals surface area contributed by atoms with E-state index in [1.807, 2.05) is 31.2 Å². The van der Waals surface area contributed by atoms with Crippen molar-refractivity contribution in [1.82, 2.24) is 9.97 Å². The highest BCUT2D eigenvalue weighted by Crippen LogP contribution is 2.47. The summed E-state index contributed by atoms with van der Waals surface area (Å²) in [5, 5.41) is 10.1. The first-order valence-electron chi connectivity index (χ1n) is 17.0. The van der Waals surface area contributed by atoms with Gasteiger partial charge in [-0.3, -0.25) is 14.5 Å². The monoisotopic (exact) mass is 700 g/mol. The summed E-state index contributed by atoms with van der Waals surface area (Å²) in [6.45, 7) is 4.00. The molecule has 2 aliphatic carbocycles. The van der Waals surface area contributed by atoms with Gasteiger partial charge in [-0.05, 0) is 97.7 Å². The number of nitriles is 1. The van der Waals surface area contributed by atoms with Crippen molar-refractivity contribution in [2.24, 2.45) is 22.1 Å². The van der Waals surface area contributed by atoms with Crippen molar-refractivity contribution >= 4 is 38.9 Å². The van der Waals surface area contributed by atoms with Crippen molar-refractivity contribution in [3.05, 3.63) is 88.4 Å². The number of nitrogens with zero attached hydrogens (tertiary/aromatic N) is 5. The SMILES string of the molecule is CO[C@H]1/C=C\C[C@H](C)CS(=O)(Nc2cncc(C#N)n2)=NC(=O)c2ccc3c(c2)N(C[C@@H]2CC[C@H]21)C[C@@]1(CCCc2cc(Cl)ccc21)CO3. The van der Waals surface area contributed by atoms with Crippen LogP contribution in [-0.2, 0) is 26.5 Å². The van der Waals surface area contributed by atoms with Gasteiger partial charge in [0.2, 0.25) is 0 Å². The molecule has 1 fully saturated rings. The highest BCUT2D eigenvalue weighted by molar-refractivity contribution is 7.95. The summed E-state index contributed by atoms with van der Waals surface area (Å²) in [6, 6.07) is 13.6. The van der Waals surface area contributed by atoms with E-state index in [2.05, 4.69) is 48.2 Å². The minimum atomic E-state index is -3.38. The van der Waals surface area contributed by atoms with Gasteiger partial charge in [-0.2, -0.15) is 5.26 Å². The van der Waals surface area contributed by atoms with Crippen LogP contribution in [0.3, 0.4) is 0 Å². The van der Waals surface area contributed by atoms with E-state index >= 15 is 0 Å². The van der Waals surface area contributed by atoms with Gasteiger partial charge < -0.3 is 14.4 Å². The molecule has 2 aromatic carbocycles. The second-order valence-electron chi connectivity index (χ2n) is 14.0. The lowest BCUT2D eigenvalue weighted by Gasteiger charge is -2.46. The first-order valence-corrected chi connectivity index (χ1v) is 19.0. The molecule has 2 aliphatic heterocycles. The number of aromatic nitrogens is 2. The van der Waals surface area contributed by atoms with Gasteiger partial charge in [0.15, 0.2) is 11.5 Å². The molecule has 1 aromatic heterocycles. The molecule has 2 bridgehead atoms. The van der Waals surface area contributed by atoms with Crippen LogP contribution >= 0.6 is 11.6 Å². The van der Waals surface area contributed by atoms with Gasteiger partial charge in [-0.25, -0.2) is 9.19 Å². The second-order valence-corrected chi connectivity index (χ2v) is 16.4. The fraction of sp³-hybridized carbons (Fsp3) is 0.459. The fourth-order valence-corrected chi connectivity index (χ4v) is 10.1. The predicted octanol–water partition coefficient (Wildman–Crippen LogP) is 6.75. The summed E-state index contributed by atoms with van der Waals surface area (Å²) >= 11 is 6.45. The van der Waals surface area contributed by atoms with E-state index in [0.717, 1.165) is 55.9 Å². The van der Waals surface area contributed by atoms with Crippen molar-refractivity contribution in [2.75, 3.05) is 42.2 Å². The normalized spacial score (nSPS) is 30.3. The summed E-state index contributed by atoms with van der Waals surface area (Å²) in [7, 11) is -1.61. The van der Waals surface area contributed by atoms with Crippen LogP contribution in [0.15, 0.2) is 65.3 Å². The van der Waals surface area contributed by atoms with Crippen molar-refractivity contribution < 1.29 is 18.5 Å². The zero-order chi connectivity index (χ0) is 34.2. The third-order valence-corrected chi connectivity index (χ3v) is 12.8. The number of aryl methyl sites for hydroxylation is 1. The first kappa shape index (κ1) is 33.5. The first-order chi connectivity index (χ1) is 23.7. The standard InChI is InChI=1S/C37H41ClN6O4S/c1-24-5-3-7-33(47-2)30-11-8-27(30)20-44-22-37(14-4-6-25-15-28(38)10-12-31(25)37)23-48-34-13-9-26(16-32(34)44)36(45)43-49(46,21-24)42-35-19-40-18-29(17-39)41-35/h3,7,9-10,12-13,15-16,18-19,24,27,30,33H,4-6,8,11,14,20-23H2,1-2H3,(H,41,42,43,45,46)/b7-3-/t24-,27-,30+,33-,37-,49?/m0/s1. The Bertz CT molecular complexity index is 1950. The quantitative estimate of drug-likeness (QED) is 0.297. The molecule has 4 aliphatic rings. The van der Waals surface area contributed by atoms with Gasteiger partial charge >= 0.3 is 0 Å². The molecule has 0 saturated heterocycles. The smallest absolute Gasteiger partial charge is 0.286 e. The van der Waals surface area contributed by atoms with Gasteiger partial charge in [-0.1, -0.05) is 36.7 Å². The Morgan fingerprint density at radius 1 is 1.20 bits per heavy atom. The van der Waals surface area contributed by atoms with E-state index in [9.17, 15) is 14.3 Å². The van der Waals surface area contributed by atoms with Gasteiger partial charge in [0.1, 0.15) is 21.7 Å². The third-order valence-electron chi connectivity index (χ3n) is 10.5. The number of amides is 1. The molecule has 1 N–H and O–H groups in total. The van der Waals surface area contributed by atoms with E-state index in [1.54, 1.807) is 13.2 Å². The molecule has 1 unspecified atom stereocenters. The summed E-state index contributed by atoms with van der Waals surface area (Å²) in [6.07, 6.45) is 12.7. The molecule has 1 amide bonds. The Labute approximate surface area is 293 Å². The molecule has 6 atom stereocenters. The molecule has 10 nitrogen and oxygen atoms in total. The van der Waals surface area contributed by atoms with Crippen LogP contribution in [0, 0.1) is 29.1 Å². The van der Waals surface area contributed by atoms with Crippen molar-refractivity contribution in [2.45, 2.75) is 57.0 Å². The Balaban J connectivity index is 1.32.